The Labute approximate surface area is 69.0 Å². The van der Waals surface area contributed by atoms with Crippen LogP contribution in [-0.2, 0) is 4.74 Å². The highest BCUT2D eigenvalue weighted by Crippen LogP contribution is 2.22. The van der Waals surface area contributed by atoms with Gasteiger partial charge >= 0.3 is 6.01 Å². The second kappa shape index (κ2) is 3.08. The van der Waals surface area contributed by atoms with Crippen LogP contribution in [-0.4, -0.2) is 23.4 Å². The van der Waals surface area contributed by atoms with E-state index < -0.39 is 0 Å². The van der Waals surface area contributed by atoms with E-state index in [2.05, 4.69) is 15.6 Å². The number of hydrogen-bond donors (Lipinski definition) is 2. The van der Waals surface area contributed by atoms with E-state index in [1.807, 2.05) is 0 Å². The molecule has 1 aliphatic rings. The number of nitrogens with one attached hydrogen (secondary N) is 1. The van der Waals surface area contributed by atoms with Crippen molar-refractivity contribution in [3.8, 4) is 0 Å². The normalized spacial score (nSPS) is 22.9. The molecule has 6 heteroatoms. The molecule has 6 nitrogen and oxygen atoms in total. The first-order valence-corrected chi connectivity index (χ1v) is 3.78. The van der Waals surface area contributed by atoms with Gasteiger partial charge in [0.1, 0.15) is 0 Å². The Bertz CT molecular complexity index is 256. The molecule has 1 unspecified atom stereocenters. The Morgan fingerprint density at radius 3 is 3.08 bits per heavy atom. The summed E-state index contributed by atoms with van der Waals surface area (Å²) in [6, 6.07) is 0.247. The van der Waals surface area contributed by atoms with Gasteiger partial charge in [-0.1, -0.05) is 5.16 Å². The van der Waals surface area contributed by atoms with Crippen LogP contribution in [0.4, 0.5) is 6.01 Å². The Balaban J connectivity index is 2.11. The van der Waals surface area contributed by atoms with E-state index in [9.17, 15) is 0 Å². The topological polar surface area (TPSA) is 86.2 Å². The molecule has 2 rings (SSSR count). The molecule has 2 heterocycles. The lowest BCUT2D eigenvalue weighted by molar-refractivity contribution is 0.192. The van der Waals surface area contributed by atoms with Gasteiger partial charge in [0.2, 0.25) is 0 Å². The van der Waals surface area contributed by atoms with Crippen molar-refractivity contribution in [2.75, 3.05) is 18.6 Å². The van der Waals surface area contributed by atoms with Gasteiger partial charge in [0.15, 0.2) is 5.82 Å². The average Bonchev–Trinajstić information content (AvgIpc) is 2.75. The molecule has 0 saturated carbocycles. The van der Waals surface area contributed by atoms with Gasteiger partial charge in [-0.25, -0.2) is 5.84 Å². The Kier molecular flexibility index (Phi) is 1.92. The zero-order valence-corrected chi connectivity index (χ0v) is 6.49. The molecule has 12 heavy (non-hydrogen) atoms. The van der Waals surface area contributed by atoms with Crippen LogP contribution < -0.4 is 11.3 Å². The van der Waals surface area contributed by atoms with Crippen LogP contribution in [0, 0.1) is 0 Å². The molecule has 0 spiro atoms. The van der Waals surface area contributed by atoms with Crippen LogP contribution in [0.25, 0.3) is 0 Å². The average molecular weight is 170 g/mol. The largest absolute Gasteiger partial charge is 0.381 e. The fourth-order valence-corrected chi connectivity index (χ4v) is 1.20. The van der Waals surface area contributed by atoms with Gasteiger partial charge < -0.3 is 9.26 Å². The first kappa shape index (κ1) is 7.51. The monoisotopic (exact) mass is 170 g/mol. The molecule has 1 aliphatic heterocycles. The minimum Gasteiger partial charge on any atom is -0.381 e. The number of nitrogens with two attached hydrogens (primary N) is 1. The predicted molar refractivity (Wildman–Crippen MR) is 40.3 cm³/mol. The molecule has 1 saturated heterocycles. The van der Waals surface area contributed by atoms with Gasteiger partial charge in [0.05, 0.1) is 6.61 Å². The van der Waals surface area contributed by atoms with E-state index in [4.69, 9.17) is 15.1 Å². The zero-order chi connectivity index (χ0) is 8.39. The summed E-state index contributed by atoms with van der Waals surface area (Å²) in [5.74, 6) is 6.01. The molecular formula is C6H10N4O2. The summed E-state index contributed by atoms with van der Waals surface area (Å²) in [6.07, 6.45) is 0.948. The molecular weight excluding hydrogens is 160 g/mol. The molecule has 1 atom stereocenters. The maximum absolute atomic E-state index is 5.18. The lowest BCUT2D eigenvalue weighted by atomic mass is 10.1. The summed E-state index contributed by atoms with van der Waals surface area (Å²) in [5, 5.41) is 3.76. The second-order valence-corrected chi connectivity index (χ2v) is 2.66. The number of anilines is 1. The van der Waals surface area contributed by atoms with Crippen molar-refractivity contribution in [3.63, 3.8) is 0 Å². The van der Waals surface area contributed by atoms with Crippen LogP contribution in [0.3, 0.4) is 0 Å². The molecule has 3 N–H and O–H groups in total. The van der Waals surface area contributed by atoms with Crippen molar-refractivity contribution in [2.45, 2.75) is 12.3 Å². The third-order valence-corrected chi connectivity index (χ3v) is 1.86. The molecule has 0 amide bonds. The van der Waals surface area contributed by atoms with Gasteiger partial charge in [-0.3, -0.25) is 5.43 Å². The van der Waals surface area contributed by atoms with Crippen molar-refractivity contribution in [2.24, 2.45) is 5.84 Å². The summed E-state index contributed by atoms with van der Waals surface area (Å²) in [7, 11) is 0. The van der Waals surface area contributed by atoms with Crippen LogP contribution >= 0.6 is 0 Å². The number of aromatic nitrogens is 2. The lowest BCUT2D eigenvalue weighted by Gasteiger charge is -1.97. The molecule has 0 aliphatic carbocycles. The maximum atomic E-state index is 5.18. The van der Waals surface area contributed by atoms with E-state index in [0.29, 0.717) is 12.4 Å². The Morgan fingerprint density at radius 1 is 1.58 bits per heavy atom. The second-order valence-electron chi connectivity index (χ2n) is 2.66. The highest BCUT2D eigenvalue weighted by Gasteiger charge is 2.22. The molecule has 0 aromatic carbocycles. The predicted octanol–water partition coefficient (Wildman–Crippen LogP) is -0.141. The number of hydrazine groups is 1. The number of ether oxygens (including phenoxy) is 1. The first-order chi connectivity index (χ1) is 5.90. The summed E-state index contributed by atoms with van der Waals surface area (Å²) in [6.45, 7) is 1.44. The fraction of sp³-hybridized carbons (Fsp3) is 0.667. The van der Waals surface area contributed by atoms with Crippen molar-refractivity contribution in [1.82, 2.24) is 10.1 Å². The van der Waals surface area contributed by atoms with Crippen molar-refractivity contribution >= 4 is 6.01 Å². The van der Waals surface area contributed by atoms with Crippen LogP contribution in [0.2, 0.25) is 0 Å². The number of rotatable bonds is 2. The quantitative estimate of drug-likeness (QED) is 0.474. The van der Waals surface area contributed by atoms with Gasteiger partial charge in [0, 0.05) is 12.5 Å². The Morgan fingerprint density at radius 2 is 2.50 bits per heavy atom. The van der Waals surface area contributed by atoms with Crippen LogP contribution in [0.15, 0.2) is 4.52 Å². The van der Waals surface area contributed by atoms with Gasteiger partial charge in [0.25, 0.3) is 0 Å². The third kappa shape index (κ3) is 1.26. The summed E-state index contributed by atoms with van der Waals surface area (Å²) in [4.78, 5) is 4.02. The Hall–Kier alpha value is -1.14. The van der Waals surface area contributed by atoms with Crippen molar-refractivity contribution < 1.29 is 9.26 Å². The smallest absolute Gasteiger partial charge is 0.335 e. The molecule has 66 valence electrons. The molecule has 1 aromatic heterocycles. The fourth-order valence-electron chi connectivity index (χ4n) is 1.20. The van der Waals surface area contributed by atoms with Crippen molar-refractivity contribution in [3.05, 3.63) is 5.82 Å². The van der Waals surface area contributed by atoms with Gasteiger partial charge in [-0.2, -0.15) is 4.98 Å². The lowest BCUT2D eigenvalue weighted by Crippen LogP contribution is -2.07. The summed E-state index contributed by atoms with van der Waals surface area (Å²) < 4.78 is 9.95. The number of nitrogen functional groups attached to an aromatic ring is 1. The van der Waals surface area contributed by atoms with Gasteiger partial charge in [-0.05, 0) is 6.42 Å². The minimum absolute atomic E-state index is 0.247. The summed E-state index contributed by atoms with van der Waals surface area (Å²) >= 11 is 0. The molecule has 1 aromatic rings. The van der Waals surface area contributed by atoms with E-state index in [1.165, 1.54) is 0 Å². The number of hydrogen-bond acceptors (Lipinski definition) is 6. The van der Waals surface area contributed by atoms with Gasteiger partial charge in [-0.15, -0.1) is 0 Å². The summed E-state index contributed by atoms with van der Waals surface area (Å²) in [5.41, 5.74) is 2.29. The minimum atomic E-state index is 0.247. The SMILES string of the molecule is NNc1nc(C2CCOC2)no1. The van der Waals surface area contributed by atoms with E-state index in [-0.39, 0.29) is 11.9 Å². The van der Waals surface area contributed by atoms with E-state index >= 15 is 0 Å². The zero-order valence-electron chi connectivity index (χ0n) is 6.49. The van der Waals surface area contributed by atoms with Crippen LogP contribution in [0.1, 0.15) is 18.2 Å². The van der Waals surface area contributed by atoms with E-state index in [1.54, 1.807) is 0 Å². The third-order valence-electron chi connectivity index (χ3n) is 1.86. The first-order valence-electron chi connectivity index (χ1n) is 3.78. The van der Waals surface area contributed by atoms with Crippen LogP contribution in [0.5, 0.6) is 0 Å². The standard InChI is InChI=1S/C6H10N4O2/c7-9-6-8-5(10-12-6)4-1-2-11-3-4/h4H,1-3,7H2,(H,8,9,10). The highest BCUT2D eigenvalue weighted by atomic mass is 16.5. The molecule has 0 bridgehead atoms. The molecule has 1 fully saturated rings. The van der Waals surface area contributed by atoms with Crippen molar-refractivity contribution in [1.29, 1.82) is 0 Å². The highest BCUT2D eigenvalue weighted by molar-refractivity contribution is 5.16. The van der Waals surface area contributed by atoms with E-state index in [0.717, 1.165) is 13.0 Å². The maximum Gasteiger partial charge on any atom is 0.335 e. The molecule has 0 radical (unpaired) electrons. The number of nitrogens with zero attached hydrogens (tertiary/aromatic N) is 2.